The predicted octanol–water partition coefficient (Wildman–Crippen LogP) is 1.83. The first-order chi connectivity index (χ1) is 8.23. The van der Waals surface area contributed by atoms with Crippen LogP contribution in [0.1, 0.15) is 18.4 Å². The quantitative estimate of drug-likeness (QED) is 0.877. The fourth-order valence-corrected chi connectivity index (χ4v) is 2.05. The van der Waals surface area contributed by atoms with Gasteiger partial charge < -0.3 is 9.84 Å². The lowest BCUT2D eigenvalue weighted by Crippen LogP contribution is -2.55. The number of carboxylic acids is 1. The highest BCUT2D eigenvalue weighted by molar-refractivity contribution is 5.85. The lowest BCUT2D eigenvalue weighted by Gasteiger charge is -2.34. The van der Waals surface area contributed by atoms with Crippen molar-refractivity contribution in [2.45, 2.75) is 24.9 Å². The Morgan fingerprint density at radius 1 is 1.28 bits per heavy atom. The molecule has 0 spiro atoms. The molecule has 1 aromatic rings. The van der Waals surface area contributed by atoms with Crippen LogP contribution < -0.4 is 5.32 Å². The van der Waals surface area contributed by atoms with Crippen molar-refractivity contribution in [3.05, 3.63) is 35.9 Å². The number of hydrogen-bond acceptors (Lipinski definition) is 3. The summed E-state index contributed by atoms with van der Waals surface area (Å²) in [5, 5.41) is 12.5. The number of benzene rings is 1. The molecule has 1 aromatic carbocycles. The molecule has 0 radical (unpaired) electrons. The van der Waals surface area contributed by atoms with Crippen LogP contribution in [-0.2, 0) is 16.1 Å². The zero-order valence-electron chi connectivity index (χ0n) is 10.1. The fourth-order valence-electron chi connectivity index (χ4n) is 2.05. The summed E-state index contributed by atoms with van der Waals surface area (Å²) in [5.41, 5.74) is 0.272. The Morgan fingerprint density at radius 3 is 2.44 bits per heavy atom. The SMILES string of the molecule is Cl.O=C(O)C1(NCc2ccccc2)CCOCC1. The Labute approximate surface area is 113 Å². The molecule has 0 atom stereocenters. The van der Waals surface area contributed by atoms with Crippen molar-refractivity contribution in [3.8, 4) is 0 Å². The van der Waals surface area contributed by atoms with Crippen LogP contribution >= 0.6 is 12.4 Å². The van der Waals surface area contributed by atoms with E-state index in [1.807, 2.05) is 30.3 Å². The van der Waals surface area contributed by atoms with Crippen molar-refractivity contribution in [2.75, 3.05) is 13.2 Å². The van der Waals surface area contributed by atoms with Crippen molar-refractivity contribution in [3.63, 3.8) is 0 Å². The fraction of sp³-hybridized carbons (Fsp3) is 0.462. The van der Waals surface area contributed by atoms with Gasteiger partial charge in [-0.2, -0.15) is 0 Å². The Morgan fingerprint density at radius 2 is 1.89 bits per heavy atom. The van der Waals surface area contributed by atoms with Crippen molar-refractivity contribution in [1.82, 2.24) is 5.32 Å². The van der Waals surface area contributed by atoms with Gasteiger partial charge in [0.2, 0.25) is 0 Å². The van der Waals surface area contributed by atoms with Crippen LogP contribution in [0.5, 0.6) is 0 Å². The summed E-state index contributed by atoms with van der Waals surface area (Å²) in [5.74, 6) is -0.781. The van der Waals surface area contributed by atoms with Crippen LogP contribution in [0.3, 0.4) is 0 Å². The number of aliphatic carboxylic acids is 1. The normalized spacial score (nSPS) is 17.8. The van der Waals surface area contributed by atoms with E-state index in [0.717, 1.165) is 5.56 Å². The number of carbonyl (C=O) groups is 1. The first-order valence-electron chi connectivity index (χ1n) is 5.83. The number of hydrogen-bond donors (Lipinski definition) is 2. The molecule has 0 unspecified atom stereocenters. The molecule has 0 amide bonds. The maximum absolute atomic E-state index is 11.4. The molecule has 4 nitrogen and oxygen atoms in total. The molecule has 5 heteroatoms. The molecule has 1 heterocycles. The second-order valence-electron chi connectivity index (χ2n) is 4.34. The van der Waals surface area contributed by atoms with Crippen LogP contribution in [-0.4, -0.2) is 29.8 Å². The van der Waals surface area contributed by atoms with E-state index in [4.69, 9.17) is 4.74 Å². The van der Waals surface area contributed by atoms with E-state index >= 15 is 0 Å². The van der Waals surface area contributed by atoms with Crippen LogP contribution in [0.2, 0.25) is 0 Å². The third-order valence-electron chi connectivity index (χ3n) is 3.23. The highest BCUT2D eigenvalue weighted by Gasteiger charge is 2.39. The molecule has 1 aliphatic rings. The van der Waals surface area contributed by atoms with Gasteiger partial charge in [0.25, 0.3) is 0 Å². The Hall–Kier alpha value is -1.10. The molecule has 18 heavy (non-hydrogen) atoms. The predicted molar refractivity (Wildman–Crippen MR) is 70.9 cm³/mol. The van der Waals surface area contributed by atoms with E-state index in [1.54, 1.807) is 0 Å². The number of rotatable bonds is 4. The van der Waals surface area contributed by atoms with Crippen molar-refractivity contribution < 1.29 is 14.6 Å². The maximum Gasteiger partial charge on any atom is 0.324 e. The average molecular weight is 272 g/mol. The topological polar surface area (TPSA) is 58.6 Å². The molecular formula is C13H18ClNO3. The van der Waals surface area contributed by atoms with Crippen LogP contribution in [0, 0.1) is 0 Å². The monoisotopic (exact) mass is 271 g/mol. The standard InChI is InChI=1S/C13H17NO3.ClH/c15-12(16)13(6-8-17-9-7-13)14-10-11-4-2-1-3-5-11;/h1-5,14H,6-10H2,(H,15,16);1H. The molecule has 1 saturated heterocycles. The number of ether oxygens (including phenoxy) is 1. The summed E-state index contributed by atoms with van der Waals surface area (Å²) in [7, 11) is 0. The zero-order valence-corrected chi connectivity index (χ0v) is 10.9. The van der Waals surface area contributed by atoms with Gasteiger partial charge in [0, 0.05) is 19.8 Å². The molecule has 2 rings (SSSR count). The molecular weight excluding hydrogens is 254 g/mol. The number of nitrogens with one attached hydrogen (secondary N) is 1. The highest BCUT2D eigenvalue weighted by Crippen LogP contribution is 2.21. The number of halogens is 1. The Bertz CT molecular complexity index is 377. The lowest BCUT2D eigenvalue weighted by atomic mass is 9.90. The molecule has 0 aromatic heterocycles. The highest BCUT2D eigenvalue weighted by atomic mass is 35.5. The van der Waals surface area contributed by atoms with Gasteiger partial charge in [0.1, 0.15) is 5.54 Å². The molecule has 0 bridgehead atoms. The van der Waals surface area contributed by atoms with E-state index in [0.29, 0.717) is 32.6 Å². The average Bonchev–Trinajstić information content (AvgIpc) is 2.38. The van der Waals surface area contributed by atoms with Gasteiger partial charge in [-0.15, -0.1) is 12.4 Å². The summed E-state index contributed by atoms with van der Waals surface area (Å²) in [6.07, 6.45) is 1.05. The van der Waals surface area contributed by atoms with Gasteiger partial charge in [-0.3, -0.25) is 10.1 Å². The minimum atomic E-state index is -0.825. The van der Waals surface area contributed by atoms with Crippen LogP contribution in [0.4, 0.5) is 0 Å². The molecule has 1 aliphatic heterocycles. The minimum absolute atomic E-state index is 0. The van der Waals surface area contributed by atoms with E-state index in [9.17, 15) is 9.90 Å². The van der Waals surface area contributed by atoms with Gasteiger partial charge in [0.05, 0.1) is 0 Å². The second kappa shape index (κ2) is 6.73. The lowest BCUT2D eigenvalue weighted by molar-refractivity contribution is -0.149. The first kappa shape index (κ1) is 15.0. The van der Waals surface area contributed by atoms with Crippen LogP contribution in [0.25, 0.3) is 0 Å². The molecule has 2 N–H and O–H groups in total. The van der Waals surface area contributed by atoms with Gasteiger partial charge in [-0.05, 0) is 18.4 Å². The van der Waals surface area contributed by atoms with Crippen molar-refractivity contribution in [1.29, 1.82) is 0 Å². The first-order valence-corrected chi connectivity index (χ1v) is 5.83. The minimum Gasteiger partial charge on any atom is -0.480 e. The van der Waals surface area contributed by atoms with Crippen molar-refractivity contribution >= 4 is 18.4 Å². The summed E-state index contributed by atoms with van der Waals surface area (Å²) >= 11 is 0. The van der Waals surface area contributed by atoms with Gasteiger partial charge in [-0.25, -0.2) is 0 Å². The molecule has 100 valence electrons. The third-order valence-corrected chi connectivity index (χ3v) is 3.23. The van der Waals surface area contributed by atoms with Crippen LogP contribution in [0.15, 0.2) is 30.3 Å². The van der Waals surface area contributed by atoms with E-state index < -0.39 is 11.5 Å². The largest absolute Gasteiger partial charge is 0.480 e. The molecule has 1 fully saturated rings. The van der Waals surface area contributed by atoms with E-state index in [-0.39, 0.29) is 12.4 Å². The Balaban J connectivity index is 0.00000162. The van der Waals surface area contributed by atoms with Gasteiger partial charge in [-0.1, -0.05) is 30.3 Å². The molecule has 0 aliphatic carbocycles. The summed E-state index contributed by atoms with van der Waals surface area (Å²) in [6.45, 7) is 1.59. The summed E-state index contributed by atoms with van der Waals surface area (Å²) < 4.78 is 5.22. The third kappa shape index (κ3) is 3.45. The molecule has 0 saturated carbocycles. The van der Waals surface area contributed by atoms with Gasteiger partial charge in [0.15, 0.2) is 0 Å². The summed E-state index contributed by atoms with van der Waals surface area (Å²) in [6, 6.07) is 9.83. The number of carboxylic acid groups (broad SMARTS) is 1. The van der Waals surface area contributed by atoms with Crippen molar-refractivity contribution in [2.24, 2.45) is 0 Å². The van der Waals surface area contributed by atoms with E-state index in [2.05, 4.69) is 5.32 Å². The zero-order chi connectivity index (χ0) is 12.1. The smallest absolute Gasteiger partial charge is 0.324 e. The maximum atomic E-state index is 11.4. The summed E-state index contributed by atoms with van der Waals surface area (Å²) in [4.78, 5) is 11.4. The van der Waals surface area contributed by atoms with E-state index in [1.165, 1.54) is 0 Å². The van der Waals surface area contributed by atoms with Gasteiger partial charge >= 0.3 is 5.97 Å². The second-order valence-corrected chi connectivity index (χ2v) is 4.34. The Kier molecular flexibility index (Phi) is 5.59.